The zero-order valence-electron chi connectivity index (χ0n) is 18.2. The zero-order chi connectivity index (χ0) is 22.9. The number of nitriles is 1. The molecular weight excluding hydrogens is 406 g/mol. The Kier molecular flexibility index (Phi) is 7.71. The molecule has 0 spiro atoms. The average Bonchev–Trinajstić information content (AvgIpc) is 2.82. The number of esters is 1. The quantitative estimate of drug-likeness (QED) is 0.405. The van der Waals surface area contributed by atoms with E-state index in [1.165, 1.54) is 0 Å². The van der Waals surface area contributed by atoms with Gasteiger partial charge in [0.05, 0.1) is 7.11 Å². The molecule has 0 saturated carbocycles. The summed E-state index contributed by atoms with van der Waals surface area (Å²) < 4.78 is 22.3. The number of hydrogen-bond donors (Lipinski definition) is 0. The van der Waals surface area contributed by atoms with Crippen molar-refractivity contribution >= 4 is 5.97 Å². The molecule has 32 heavy (non-hydrogen) atoms. The van der Waals surface area contributed by atoms with E-state index < -0.39 is 18.2 Å². The van der Waals surface area contributed by atoms with Gasteiger partial charge in [-0.15, -0.1) is 0 Å². The Labute approximate surface area is 187 Å². The van der Waals surface area contributed by atoms with Crippen LogP contribution in [0.25, 0.3) is 0 Å². The summed E-state index contributed by atoms with van der Waals surface area (Å²) in [5.74, 6) is 1.62. The minimum Gasteiger partial charge on any atom is -0.497 e. The van der Waals surface area contributed by atoms with Crippen LogP contribution in [0.2, 0.25) is 0 Å². The Morgan fingerprint density at radius 1 is 0.844 bits per heavy atom. The van der Waals surface area contributed by atoms with Gasteiger partial charge in [-0.3, -0.25) is 0 Å². The van der Waals surface area contributed by atoms with E-state index in [-0.39, 0.29) is 5.92 Å². The number of carbonyl (C=O) groups is 1. The van der Waals surface area contributed by atoms with Crippen molar-refractivity contribution in [2.75, 3.05) is 7.11 Å². The first-order valence-electron chi connectivity index (χ1n) is 10.2. The number of rotatable bonds is 9. The first-order valence-corrected chi connectivity index (χ1v) is 10.2. The summed E-state index contributed by atoms with van der Waals surface area (Å²) in [5, 5.41) is 9.65. The molecule has 0 saturated heterocycles. The van der Waals surface area contributed by atoms with E-state index in [4.69, 9.17) is 18.9 Å². The number of hydrogen-bond acceptors (Lipinski definition) is 6. The molecule has 3 aromatic rings. The molecule has 3 rings (SSSR count). The highest BCUT2D eigenvalue weighted by Crippen LogP contribution is 2.27. The molecule has 6 heteroatoms. The van der Waals surface area contributed by atoms with E-state index >= 15 is 0 Å². The SMILES string of the molecule is COc1ccc(OC(C(=O)OC(C#N)c2cccc(Oc3ccccc3)c2)C(C)C)cc1. The van der Waals surface area contributed by atoms with E-state index in [0.29, 0.717) is 28.6 Å². The van der Waals surface area contributed by atoms with Crippen molar-refractivity contribution in [2.24, 2.45) is 5.92 Å². The molecule has 0 amide bonds. The first-order chi connectivity index (χ1) is 15.5. The lowest BCUT2D eigenvalue weighted by atomic mass is 10.1. The van der Waals surface area contributed by atoms with Gasteiger partial charge < -0.3 is 18.9 Å². The average molecular weight is 431 g/mol. The molecular formula is C26H25NO5. The normalized spacial score (nSPS) is 12.3. The highest BCUT2D eigenvalue weighted by Gasteiger charge is 2.29. The summed E-state index contributed by atoms with van der Waals surface area (Å²) in [4.78, 5) is 12.9. The molecule has 0 N–H and O–H groups in total. The van der Waals surface area contributed by atoms with Gasteiger partial charge in [0.2, 0.25) is 6.10 Å². The molecule has 0 aliphatic carbocycles. The van der Waals surface area contributed by atoms with Gasteiger partial charge in [-0.1, -0.05) is 44.2 Å². The van der Waals surface area contributed by atoms with Crippen molar-refractivity contribution in [1.29, 1.82) is 5.26 Å². The summed E-state index contributed by atoms with van der Waals surface area (Å²) in [7, 11) is 1.58. The van der Waals surface area contributed by atoms with Crippen LogP contribution in [0.5, 0.6) is 23.0 Å². The molecule has 0 heterocycles. The number of para-hydroxylation sites is 1. The van der Waals surface area contributed by atoms with Crippen LogP contribution in [-0.4, -0.2) is 19.2 Å². The van der Waals surface area contributed by atoms with Crippen molar-refractivity contribution in [3.05, 3.63) is 84.4 Å². The lowest BCUT2D eigenvalue weighted by Crippen LogP contribution is -2.35. The molecule has 3 aromatic carbocycles. The number of nitrogens with zero attached hydrogens (tertiary/aromatic N) is 1. The summed E-state index contributed by atoms with van der Waals surface area (Å²) in [6.07, 6.45) is -1.97. The maximum atomic E-state index is 12.9. The van der Waals surface area contributed by atoms with Gasteiger partial charge in [-0.05, 0) is 48.5 Å². The van der Waals surface area contributed by atoms with Crippen LogP contribution >= 0.6 is 0 Å². The fourth-order valence-corrected chi connectivity index (χ4v) is 2.98. The van der Waals surface area contributed by atoms with Crippen molar-refractivity contribution in [3.8, 4) is 29.1 Å². The smallest absolute Gasteiger partial charge is 0.349 e. The van der Waals surface area contributed by atoms with E-state index in [1.807, 2.05) is 50.2 Å². The van der Waals surface area contributed by atoms with Crippen LogP contribution in [0.1, 0.15) is 25.5 Å². The summed E-state index contributed by atoms with van der Waals surface area (Å²) in [6.45, 7) is 3.70. The van der Waals surface area contributed by atoms with Crippen molar-refractivity contribution in [1.82, 2.24) is 0 Å². The second-order valence-corrected chi connectivity index (χ2v) is 7.39. The fourth-order valence-electron chi connectivity index (χ4n) is 2.98. The van der Waals surface area contributed by atoms with Crippen LogP contribution in [0.3, 0.4) is 0 Å². The maximum Gasteiger partial charge on any atom is 0.349 e. The summed E-state index contributed by atoms with van der Waals surface area (Å²) in [6, 6.07) is 25.2. The molecule has 6 nitrogen and oxygen atoms in total. The Balaban J connectivity index is 1.72. The van der Waals surface area contributed by atoms with Gasteiger partial charge in [0.1, 0.15) is 29.1 Å². The van der Waals surface area contributed by atoms with Crippen LogP contribution in [0.4, 0.5) is 0 Å². The molecule has 0 aromatic heterocycles. The Morgan fingerprint density at radius 3 is 2.12 bits per heavy atom. The number of ether oxygens (including phenoxy) is 4. The van der Waals surface area contributed by atoms with Gasteiger partial charge in [0, 0.05) is 11.5 Å². The second-order valence-electron chi connectivity index (χ2n) is 7.39. The summed E-state index contributed by atoms with van der Waals surface area (Å²) >= 11 is 0. The van der Waals surface area contributed by atoms with Gasteiger partial charge in [-0.2, -0.15) is 5.26 Å². The standard InChI is InChI=1S/C26H25NO5/c1-18(2)25(31-22-14-12-20(29-3)13-15-22)26(28)32-24(17-27)19-8-7-11-23(16-19)30-21-9-5-4-6-10-21/h4-16,18,24-25H,1-3H3. The molecule has 0 bridgehead atoms. The van der Waals surface area contributed by atoms with Gasteiger partial charge in [0.15, 0.2) is 6.10 Å². The third-order valence-corrected chi connectivity index (χ3v) is 4.65. The first kappa shape index (κ1) is 22.7. The minimum absolute atomic E-state index is 0.170. The monoisotopic (exact) mass is 431 g/mol. The number of carbonyl (C=O) groups excluding carboxylic acids is 1. The Morgan fingerprint density at radius 2 is 1.50 bits per heavy atom. The molecule has 0 fully saturated rings. The fraction of sp³-hybridized carbons (Fsp3) is 0.231. The highest BCUT2D eigenvalue weighted by atomic mass is 16.6. The molecule has 2 atom stereocenters. The van der Waals surface area contributed by atoms with Crippen LogP contribution in [0.15, 0.2) is 78.9 Å². The highest BCUT2D eigenvalue weighted by molar-refractivity contribution is 5.76. The van der Waals surface area contributed by atoms with Crippen molar-refractivity contribution < 1.29 is 23.7 Å². The molecule has 164 valence electrons. The largest absolute Gasteiger partial charge is 0.497 e. The topological polar surface area (TPSA) is 77.8 Å². The molecule has 0 aliphatic heterocycles. The second kappa shape index (κ2) is 10.9. The minimum atomic E-state index is -1.09. The van der Waals surface area contributed by atoms with Gasteiger partial charge in [-0.25, -0.2) is 4.79 Å². The number of methoxy groups -OCH3 is 1. The zero-order valence-corrected chi connectivity index (χ0v) is 18.2. The molecule has 0 radical (unpaired) electrons. The molecule has 2 unspecified atom stereocenters. The maximum absolute atomic E-state index is 12.9. The van der Waals surface area contributed by atoms with Crippen LogP contribution in [-0.2, 0) is 9.53 Å². The van der Waals surface area contributed by atoms with Crippen molar-refractivity contribution in [2.45, 2.75) is 26.1 Å². The Hall–Kier alpha value is -3.98. The third kappa shape index (κ3) is 6.02. The predicted molar refractivity (Wildman–Crippen MR) is 120 cm³/mol. The van der Waals surface area contributed by atoms with Gasteiger partial charge >= 0.3 is 5.97 Å². The van der Waals surface area contributed by atoms with E-state index in [1.54, 1.807) is 55.6 Å². The van der Waals surface area contributed by atoms with Crippen LogP contribution in [0, 0.1) is 17.2 Å². The van der Waals surface area contributed by atoms with E-state index in [0.717, 1.165) is 0 Å². The Bertz CT molecular complexity index is 1060. The van der Waals surface area contributed by atoms with Crippen molar-refractivity contribution in [3.63, 3.8) is 0 Å². The molecule has 0 aliphatic rings. The van der Waals surface area contributed by atoms with E-state index in [2.05, 4.69) is 0 Å². The number of benzene rings is 3. The van der Waals surface area contributed by atoms with E-state index in [9.17, 15) is 10.1 Å². The van der Waals surface area contributed by atoms with Crippen LogP contribution < -0.4 is 14.2 Å². The summed E-state index contributed by atoms with van der Waals surface area (Å²) in [5.41, 5.74) is 0.515. The third-order valence-electron chi connectivity index (χ3n) is 4.65. The predicted octanol–water partition coefficient (Wildman–Crippen LogP) is 5.70. The lowest BCUT2D eigenvalue weighted by Gasteiger charge is -2.22. The lowest BCUT2D eigenvalue weighted by molar-refractivity contribution is -0.157. The van der Waals surface area contributed by atoms with Gasteiger partial charge in [0.25, 0.3) is 0 Å².